The molecule has 0 aromatic carbocycles. The average Bonchev–Trinajstić information content (AvgIpc) is 2.65. The van der Waals surface area contributed by atoms with Crippen molar-refractivity contribution in [1.29, 1.82) is 0 Å². The molecule has 1 rings (SSSR count). The van der Waals surface area contributed by atoms with Gasteiger partial charge in [-0.05, 0) is 44.4 Å². The summed E-state index contributed by atoms with van der Waals surface area (Å²) in [4.78, 5) is 1.40. The van der Waals surface area contributed by atoms with Gasteiger partial charge in [-0.1, -0.05) is 25.4 Å². The molecule has 15 heavy (non-hydrogen) atoms. The molecule has 0 aliphatic rings. The minimum atomic E-state index is 0.658. The Morgan fingerprint density at radius 2 is 2.20 bits per heavy atom. The second-order valence-corrected chi connectivity index (χ2v) is 5.60. The third kappa shape index (κ3) is 5.01. The van der Waals surface area contributed by atoms with Crippen LogP contribution < -0.4 is 5.32 Å². The smallest absolute Gasteiger partial charge is 0.0931 e. The van der Waals surface area contributed by atoms with Crippen LogP contribution in [-0.2, 0) is 6.42 Å². The third-order valence-electron chi connectivity index (χ3n) is 2.54. The van der Waals surface area contributed by atoms with Crippen molar-refractivity contribution in [1.82, 2.24) is 5.32 Å². The van der Waals surface area contributed by atoms with E-state index in [9.17, 15) is 0 Å². The van der Waals surface area contributed by atoms with Crippen LogP contribution in [-0.4, -0.2) is 12.6 Å². The van der Waals surface area contributed by atoms with Crippen molar-refractivity contribution in [3.8, 4) is 0 Å². The molecular weight excluding hydrogens is 226 g/mol. The van der Waals surface area contributed by atoms with Crippen molar-refractivity contribution >= 4 is 22.9 Å². The van der Waals surface area contributed by atoms with E-state index in [4.69, 9.17) is 11.6 Å². The van der Waals surface area contributed by atoms with Gasteiger partial charge in [-0.15, -0.1) is 11.3 Å². The molecule has 0 aliphatic heterocycles. The van der Waals surface area contributed by atoms with Gasteiger partial charge >= 0.3 is 0 Å². The summed E-state index contributed by atoms with van der Waals surface area (Å²) in [5, 5.41) is 3.57. The molecule has 0 aliphatic carbocycles. The minimum Gasteiger partial charge on any atom is -0.314 e. The molecule has 1 aromatic heterocycles. The molecular formula is C12H20ClNS. The van der Waals surface area contributed by atoms with Crippen LogP contribution in [0.4, 0.5) is 0 Å². The third-order valence-corrected chi connectivity index (χ3v) is 3.83. The molecule has 1 unspecified atom stereocenters. The number of halogens is 1. The molecule has 0 saturated carbocycles. The fourth-order valence-electron chi connectivity index (χ4n) is 1.60. The lowest BCUT2D eigenvalue weighted by molar-refractivity contribution is 0.469. The van der Waals surface area contributed by atoms with Gasteiger partial charge < -0.3 is 5.32 Å². The first kappa shape index (κ1) is 13.0. The van der Waals surface area contributed by atoms with Crippen molar-refractivity contribution in [2.75, 3.05) is 6.54 Å². The summed E-state index contributed by atoms with van der Waals surface area (Å²) < 4.78 is 0.902. The maximum Gasteiger partial charge on any atom is 0.0931 e. The van der Waals surface area contributed by atoms with E-state index in [-0.39, 0.29) is 0 Å². The summed E-state index contributed by atoms with van der Waals surface area (Å²) in [5.74, 6) is 0. The number of aryl methyl sites for hydroxylation is 1. The Balaban J connectivity index is 2.27. The van der Waals surface area contributed by atoms with E-state index >= 15 is 0 Å². The molecule has 86 valence electrons. The molecule has 0 amide bonds. The fourth-order valence-corrected chi connectivity index (χ4v) is 2.70. The van der Waals surface area contributed by atoms with Gasteiger partial charge in [0.05, 0.1) is 4.34 Å². The zero-order valence-electron chi connectivity index (χ0n) is 9.55. The van der Waals surface area contributed by atoms with E-state index in [1.807, 2.05) is 6.07 Å². The Bertz CT molecular complexity index is 272. The topological polar surface area (TPSA) is 12.0 Å². The Labute approximate surface area is 102 Å². The molecule has 1 heterocycles. The molecule has 1 aromatic rings. The maximum atomic E-state index is 5.90. The summed E-state index contributed by atoms with van der Waals surface area (Å²) in [7, 11) is 0. The summed E-state index contributed by atoms with van der Waals surface area (Å²) in [6.07, 6.45) is 4.78. The van der Waals surface area contributed by atoms with Gasteiger partial charge in [0.15, 0.2) is 0 Å². The van der Waals surface area contributed by atoms with Gasteiger partial charge in [-0.25, -0.2) is 0 Å². The van der Waals surface area contributed by atoms with E-state index in [2.05, 4.69) is 25.2 Å². The van der Waals surface area contributed by atoms with Crippen molar-refractivity contribution in [3.05, 3.63) is 21.3 Å². The van der Waals surface area contributed by atoms with Crippen LogP contribution in [0.3, 0.4) is 0 Å². The highest BCUT2D eigenvalue weighted by atomic mass is 35.5. The SMILES string of the molecule is CCCNC(CC)CCc1ccc(Cl)s1. The number of nitrogens with one attached hydrogen (secondary N) is 1. The summed E-state index contributed by atoms with van der Waals surface area (Å²) in [5.41, 5.74) is 0. The number of thiophene rings is 1. The fraction of sp³-hybridized carbons (Fsp3) is 0.667. The van der Waals surface area contributed by atoms with Crippen LogP contribution >= 0.6 is 22.9 Å². The van der Waals surface area contributed by atoms with Crippen molar-refractivity contribution in [2.45, 2.75) is 45.6 Å². The lowest BCUT2D eigenvalue weighted by atomic mass is 10.1. The van der Waals surface area contributed by atoms with Gasteiger partial charge in [-0.2, -0.15) is 0 Å². The van der Waals surface area contributed by atoms with Crippen LogP contribution in [0, 0.1) is 0 Å². The van der Waals surface area contributed by atoms with Crippen LogP contribution in [0.25, 0.3) is 0 Å². The monoisotopic (exact) mass is 245 g/mol. The highest BCUT2D eigenvalue weighted by Crippen LogP contribution is 2.23. The first-order valence-corrected chi connectivity index (χ1v) is 6.93. The zero-order chi connectivity index (χ0) is 11.1. The predicted molar refractivity (Wildman–Crippen MR) is 70.0 cm³/mol. The van der Waals surface area contributed by atoms with Crippen LogP contribution in [0.2, 0.25) is 4.34 Å². The lowest BCUT2D eigenvalue weighted by Crippen LogP contribution is -2.29. The van der Waals surface area contributed by atoms with E-state index in [0.717, 1.165) is 17.3 Å². The molecule has 0 spiro atoms. The van der Waals surface area contributed by atoms with Crippen molar-refractivity contribution in [2.24, 2.45) is 0 Å². The maximum absolute atomic E-state index is 5.90. The Kier molecular flexibility index (Phi) is 6.30. The molecule has 1 N–H and O–H groups in total. The quantitative estimate of drug-likeness (QED) is 0.762. The molecule has 0 saturated heterocycles. The van der Waals surface area contributed by atoms with Crippen LogP contribution in [0.5, 0.6) is 0 Å². The number of hydrogen-bond acceptors (Lipinski definition) is 2. The highest BCUT2D eigenvalue weighted by Gasteiger charge is 2.06. The second kappa shape index (κ2) is 7.26. The summed E-state index contributed by atoms with van der Waals surface area (Å²) in [6, 6.07) is 4.78. The van der Waals surface area contributed by atoms with E-state index in [0.29, 0.717) is 6.04 Å². The highest BCUT2D eigenvalue weighted by molar-refractivity contribution is 7.16. The molecule has 0 radical (unpaired) electrons. The number of hydrogen-bond donors (Lipinski definition) is 1. The van der Waals surface area contributed by atoms with Crippen LogP contribution in [0.15, 0.2) is 12.1 Å². The van der Waals surface area contributed by atoms with Crippen molar-refractivity contribution < 1.29 is 0 Å². The molecule has 1 nitrogen and oxygen atoms in total. The van der Waals surface area contributed by atoms with Gasteiger partial charge in [0.25, 0.3) is 0 Å². The zero-order valence-corrected chi connectivity index (χ0v) is 11.1. The molecule has 0 fully saturated rings. The lowest BCUT2D eigenvalue weighted by Gasteiger charge is -2.15. The van der Waals surface area contributed by atoms with Gasteiger partial charge in [0.1, 0.15) is 0 Å². The van der Waals surface area contributed by atoms with Gasteiger partial charge in [0.2, 0.25) is 0 Å². The van der Waals surface area contributed by atoms with Crippen LogP contribution in [0.1, 0.15) is 38.0 Å². The second-order valence-electron chi connectivity index (χ2n) is 3.80. The van der Waals surface area contributed by atoms with E-state index in [1.54, 1.807) is 11.3 Å². The summed E-state index contributed by atoms with van der Waals surface area (Å²) in [6.45, 7) is 5.58. The molecule has 3 heteroatoms. The average molecular weight is 246 g/mol. The first-order chi connectivity index (χ1) is 7.26. The van der Waals surface area contributed by atoms with Crippen molar-refractivity contribution in [3.63, 3.8) is 0 Å². The van der Waals surface area contributed by atoms with E-state index < -0.39 is 0 Å². The molecule has 1 atom stereocenters. The number of rotatable bonds is 7. The predicted octanol–water partition coefficient (Wildman–Crippen LogP) is 4.11. The Morgan fingerprint density at radius 1 is 1.40 bits per heavy atom. The molecule has 0 bridgehead atoms. The standard InChI is InChI=1S/C12H20ClNS/c1-3-9-14-10(4-2)5-6-11-7-8-12(13)15-11/h7-8,10,14H,3-6,9H2,1-2H3. The van der Waals surface area contributed by atoms with Gasteiger partial charge in [0, 0.05) is 10.9 Å². The normalized spacial score (nSPS) is 13.0. The Morgan fingerprint density at radius 3 is 2.73 bits per heavy atom. The minimum absolute atomic E-state index is 0.658. The van der Waals surface area contributed by atoms with Gasteiger partial charge in [-0.3, -0.25) is 0 Å². The summed E-state index contributed by atoms with van der Waals surface area (Å²) >= 11 is 7.60. The van der Waals surface area contributed by atoms with E-state index in [1.165, 1.54) is 24.1 Å². The Hall–Kier alpha value is -0.0500. The largest absolute Gasteiger partial charge is 0.314 e. The first-order valence-electron chi connectivity index (χ1n) is 5.73.